The van der Waals surface area contributed by atoms with Gasteiger partial charge in [0.15, 0.2) is 0 Å². The Labute approximate surface area is 159 Å². The second-order valence-corrected chi connectivity index (χ2v) is 8.84. The molecule has 1 aromatic heterocycles. The molecule has 0 saturated carbocycles. The maximum absolute atomic E-state index is 13.9. The number of aromatic amines is 1. The first kappa shape index (κ1) is 18.7. The van der Waals surface area contributed by atoms with Crippen LogP contribution in [0.2, 0.25) is 5.02 Å². The summed E-state index contributed by atoms with van der Waals surface area (Å²) in [5.41, 5.74) is 1.32. The summed E-state index contributed by atoms with van der Waals surface area (Å²) >= 11 is 3.35. The normalized spacial score (nSPS) is 12.2. The first-order chi connectivity index (χ1) is 12.4. The van der Waals surface area contributed by atoms with E-state index in [1.807, 2.05) is 0 Å². The van der Waals surface area contributed by atoms with Gasteiger partial charge in [-0.2, -0.15) is 0 Å². The molecule has 8 heteroatoms. The molecule has 0 aliphatic heterocycles. The van der Waals surface area contributed by atoms with Crippen LogP contribution in [0, 0.1) is 12.7 Å². The fourth-order valence-corrected chi connectivity index (χ4v) is 6.14. The Kier molecular flexibility index (Phi) is 5.23. The van der Waals surface area contributed by atoms with Crippen molar-refractivity contribution in [3.8, 4) is 17.2 Å². The molecule has 1 atom stereocenters. The Morgan fingerprint density at radius 2 is 1.69 bits per heavy atom. The zero-order chi connectivity index (χ0) is 19.0. The predicted octanol–water partition coefficient (Wildman–Crippen LogP) is 2.83. The van der Waals surface area contributed by atoms with E-state index >= 15 is 0 Å². The van der Waals surface area contributed by atoms with E-state index in [0.29, 0.717) is 42.8 Å². The van der Waals surface area contributed by atoms with E-state index in [-0.39, 0.29) is 5.02 Å². The molecule has 3 rings (SSSR count). The van der Waals surface area contributed by atoms with Gasteiger partial charge in [-0.3, -0.25) is 0 Å². The SMILES string of the molecule is COc1cc([Se](=O)c2c(C)[nH]c3ccc(F)c(Cl)c23)cc(OC)c1OC. The molecule has 0 fully saturated rings. The fourth-order valence-electron chi connectivity index (χ4n) is 2.84. The number of nitrogens with one attached hydrogen (secondary N) is 1. The van der Waals surface area contributed by atoms with E-state index in [4.69, 9.17) is 25.8 Å². The molecule has 5 nitrogen and oxygen atoms in total. The summed E-state index contributed by atoms with van der Waals surface area (Å²) in [5, 5.41) is 0.400. The number of halogens is 2. The number of hydrogen-bond acceptors (Lipinski definition) is 4. The molecule has 3 aromatic rings. The Balaban J connectivity index is 2.24. The van der Waals surface area contributed by atoms with Crippen LogP contribution in [0.1, 0.15) is 5.69 Å². The van der Waals surface area contributed by atoms with Crippen LogP contribution in [0.25, 0.3) is 10.9 Å². The number of rotatable bonds is 5. The van der Waals surface area contributed by atoms with Crippen molar-refractivity contribution < 1.29 is 22.4 Å². The molecule has 0 aliphatic rings. The van der Waals surface area contributed by atoms with Gasteiger partial charge in [0, 0.05) is 0 Å². The van der Waals surface area contributed by atoms with Gasteiger partial charge < -0.3 is 0 Å². The average molecular weight is 445 g/mol. The van der Waals surface area contributed by atoms with Crippen molar-refractivity contribution in [2.24, 2.45) is 0 Å². The summed E-state index contributed by atoms with van der Waals surface area (Å²) in [5.74, 6) is 0.669. The average Bonchev–Trinajstić information content (AvgIpc) is 2.99. The van der Waals surface area contributed by atoms with Gasteiger partial charge in [0.1, 0.15) is 0 Å². The summed E-state index contributed by atoms with van der Waals surface area (Å²) in [7, 11) is 4.48. The zero-order valence-corrected chi connectivity index (χ0v) is 17.1. The van der Waals surface area contributed by atoms with Gasteiger partial charge in [-0.25, -0.2) is 0 Å². The molecule has 26 heavy (non-hydrogen) atoms. The Hall–Kier alpha value is -2.08. The first-order valence-electron chi connectivity index (χ1n) is 7.61. The van der Waals surface area contributed by atoms with E-state index in [2.05, 4.69) is 4.98 Å². The number of methoxy groups -OCH3 is 3. The topological polar surface area (TPSA) is 60.6 Å². The number of aryl methyl sites for hydroxylation is 1. The summed E-state index contributed by atoms with van der Waals surface area (Å²) in [6, 6.07) is 6.15. The van der Waals surface area contributed by atoms with E-state index in [1.165, 1.54) is 27.4 Å². The summed E-state index contributed by atoms with van der Waals surface area (Å²) < 4.78 is 44.3. The van der Waals surface area contributed by atoms with Gasteiger partial charge in [-0.15, -0.1) is 0 Å². The van der Waals surface area contributed by atoms with Crippen LogP contribution in [0.15, 0.2) is 24.3 Å². The number of aromatic nitrogens is 1. The van der Waals surface area contributed by atoms with E-state index in [9.17, 15) is 8.23 Å². The fraction of sp³-hybridized carbons (Fsp3) is 0.222. The second kappa shape index (κ2) is 7.27. The summed E-state index contributed by atoms with van der Waals surface area (Å²) in [6.45, 7) is 1.79. The van der Waals surface area contributed by atoms with Crippen molar-refractivity contribution in [2.75, 3.05) is 21.3 Å². The molecule has 1 N–H and O–H groups in total. The van der Waals surface area contributed by atoms with E-state index in [1.54, 1.807) is 25.1 Å². The molecular formula is C18H17ClFNO4Se. The third-order valence-corrected chi connectivity index (χ3v) is 7.63. The van der Waals surface area contributed by atoms with Crippen LogP contribution >= 0.6 is 11.6 Å². The van der Waals surface area contributed by atoms with Crippen molar-refractivity contribution >= 4 is 45.3 Å². The van der Waals surface area contributed by atoms with Crippen LogP contribution in [0.4, 0.5) is 4.39 Å². The van der Waals surface area contributed by atoms with Gasteiger partial charge in [0.25, 0.3) is 0 Å². The molecule has 0 saturated heterocycles. The molecule has 1 unspecified atom stereocenters. The van der Waals surface area contributed by atoms with Crippen molar-refractivity contribution in [1.82, 2.24) is 4.98 Å². The third kappa shape index (κ3) is 2.96. The summed E-state index contributed by atoms with van der Waals surface area (Å²) in [4.78, 5) is 3.12. The number of H-pyrrole nitrogens is 1. The van der Waals surface area contributed by atoms with Crippen LogP contribution in [-0.4, -0.2) is 40.1 Å². The number of ether oxygens (including phenoxy) is 3. The Bertz CT molecular complexity index is 993. The Morgan fingerprint density at radius 3 is 2.23 bits per heavy atom. The molecular weight excluding hydrogens is 428 g/mol. The number of fused-ring (bicyclic) bond motifs is 1. The van der Waals surface area contributed by atoms with Gasteiger partial charge in [0.2, 0.25) is 0 Å². The van der Waals surface area contributed by atoms with Crippen molar-refractivity contribution in [3.63, 3.8) is 0 Å². The minimum atomic E-state index is -2.81. The molecule has 0 spiro atoms. The van der Waals surface area contributed by atoms with Crippen LogP contribution in [-0.2, 0) is 3.83 Å². The minimum absolute atomic E-state index is 0.0427. The van der Waals surface area contributed by atoms with Gasteiger partial charge >= 0.3 is 159 Å². The maximum atomic E-state index is 13.9. The quantitative estimate of drug-likeness (QED) is 0.615. The zero-order valence-electron chi connectivity index (χ0n) is 14.6. The molecule has 0 radical (unpaired) electrons. The van der Waals surface area contributed by atoms with Crippen molar-refractivity contribution in [3.05, 3.63) is 40.8 Å². The van der Waals surface area contributed by atoms with Crippen LogP contribution in [0.3, 0.4) is 0 Å². The third-order valence-electron chi connectivity index (χ3n) is 4.02. The molecule has 0 aliphatic carbocycles. The molecule has 0 bridgehead atoms. The predicted molar refractivity (Wildman–Crippen MR) is 99.8 cm³/mol. The van der Waals surface area contributed by atoms with E-state index < -0.39 is 19.7 Å². The molecule has 1 heterocycles. The van der Waals surface area contributed by atoms with Crippen LogP contribution < -0.4 is 23.1 Å². The van der Waals surface area contributed by atoms with E-state index in [0.717, 1.165) is 0 Å². The van der Waals surface area contributed by atoms with Gasteiger partial charge in [-0.05, 0) is 0 Å². The molecule has 138 valence electrons. The molecule has 0 amide bonds. The van der Waals surface area contributed by atoms with Crippen LogP contribution in [0.5, 0.6) is 17.2 Å². The monoisotopic (exact) mass is 445 g/mol. The van der Waals surface area contributed by atoms with Gasteiger partial charge in [0.05, 0.1) is 0 Å². The first-order valence-corrected chi connectivity index (χ1v) is 10.4. The number of hydrogen-bond donors (Lipinski definition) is 1. The van der Waals surface area contributed by atoms with Crippen molar-refractivity contribution in [2.45, 2.75) is 6.92 Å². The summed E-state index contributed by atoms with van der Waals surface area (Å²) in [6.07, 6.45) is 0. The van der Waals surface area contributed by atoms with Gasteiger partial charge in [-0.1, -0.05) is 0 Å². The van der Waals surface area contributed by atoms with Crippen molar-refractivity contribution in [1.29, 1.82) is 0 Å². The standard InChI is InChI=1S/C18H17ClFNO4Se/c1-9-18(15-12(21-9)6-5-11(20)16(15)19)26(22)10-7-13(23-2)17(25-4)14(8-10)24-3/h5-8,21H,1-4H3. The molecule has 2 aromatic carbocycles. The Morgan fingerprint density at radius 1 is 1.08 bits per heavy atom. The second-order valence-electron chi connectivity index (χ2n) is 5.49. The number of benzene rings is 2.